The molecule has 1 N–H and O–H groups in total. The highest BCUT2D eigenvalue weighted by molar-refractivity contribution is 5.93. The van der Waals surface area contributed by atoms with Crippen LogP contribution in [-0.4, -0.2) is 44.4 Å². The summed E-state index contributed by atoms with van der Waals surface area (Å²) in [6.45, 7) is 5.47. The van der Waals surface area contributed by atoms with E-state index in [4.69, 9.17) is 4.52 Å². The van der Waals surface area contributed by atoms with Gasteiger partial charge in [0.25, 0.3) is 0 Å². The van der Waals surface area contributed by atoms with Crippen molar-refractivity contribution in [1.29, 1.82) is 0 Å². The predicted octanol–water partition coefficient (Wildman–Crippen LogP) is 1.67. The van der Waals surface area contributed by atoms with Crippen molar-refractivity contribution < 1.29 is 9.32 Å². The zero-order valence-electron chi connectivity index (χ0n) is 12.9. The van der Waals surface area contributed by atoms with Crippen molar-refractivity contribution in [2.24, 2.45) is 0 Å². The third-order valence-corrected chi connectivity index (χ3v) is 4.14. The first kappa shape index (κ1) is 14.8. The highest BCUT2D eigenvalue weighted by Crippen LogP contribution is 2.22. The maximum absolute atomic E-state index is 12.4. The molecule has 0 aliphatic carbocycles. The fourth-order valence-electron chi connectivity index (χ4n) is 2.99. The molecule has 0 spiro atoms. The second-order valence-electron chi connectivity index (χ2n) is 5.75. The molecule has 7 nitrogen and oxygen atoms in total. The first-order valence-corrected chi connectivity index (χ1v) is 7.61. The number of aryl methyl sites for hydroxylation is 1. The Balaban J connectivity index is 1.62. The Morgan fingerprint density at radius 1 is 1.59 bits per heavy atom. The number of nitrogens with one attached hydrogen (secondary N) is 1. The number of amides is 1. The molecule has 2 aromatic rings. The second-order valence-corrected chi connectivity index (χ2v) is 5.75. The van der Waals surface area contributed by atoms with Gasteiger partial charge in [-0.3, -0.25) is 14.4 Å². The second kappa shape index (κ2) is 6.31. The van der Waals surface area contributed by atoms with Crippen molar-refractivity contribution in [2.45, 2.75) is 45.3 Å². The molecule has 1 fully saturated rings. The molecular formula is C15H21N5O2. The lowest BCUT2D eigenvalue weighted by Crippen LogP contribution is -2.46. The minimum absolute atomic E-state index is 0.0549. The highest BCUT2D eigenvalue weighted by Gasteiger charge is 2.32. The van der Waals surface area contributed by atoms with Crippen molar-refractivity contribution in [2.75, 3.05) is 11.9 Å². The van der Waals surface area contributed by atoms with E-state index in [0.29, 0.717) is 17.6 Å². The van der Waals surface area contributed by atoms with Crippen LogP contribution in [-0.2, 0) is 11.3 Å². The smallest absolute Gasteiger partial charge is 0.242 e. The Kier molecular flexibility index (Phi) is 4.24. The topological polar surface area (TPSA) is 76.2 Å². The lowest BCUT2D eigenvalue weighted by Gasteiger charge is -2.29. The number of likely N-dealkylation sites (tertiary alicyclic amines) is 1. The van der Waals surface area contributed by atoms with E-state index in [1.165, 1.54) is 0 Å². The number of carbonyl (C=O) groups is 1. The summed E-state index contributed by atoms with van der Waals surface area (Å²) in [5, 5.41) is 10.9. The summed E-state index contributed by atoms with van der Waals surface area (Å²) >= 11 is 0. The first-order chi connectivity index (χ1) is 10.6. The predicted molar refractivity (Wildman–Crippen MR) is 81.3 cm³/mol. The van der Waals surface area contributed by atoms with Crippen LogP contribution in [0.3, 0.4) is 0 Å². The minimum atomic E-state index is -0.208. The van der Waals surface area contributed by atoms with Crippen molar-refractivity contribution >= 4 is 11.7 Å². The molecular weight excluding hydrogens is 282 g/mol. The monoisotopic (exact) mass is 303 g/mol. The van der Waals surface area contributed by atoms with Gasteiger partial charge in [-0.2, -0.15) is 5.10 Å². The van der Waals surface area contributed by atoms with Crippen LogP contribution in [0.1, 0.15) is 25.5 Å². The number of hydrogen-bond acceptors (Lipinski definition) is 5. The Morgan fingerprint density at radius 2 is 2.45 bits per heavy atom. The normalized spacial score (nSPS) is 20.2. The van der Waals surface area contributed by atoms with Crippen LogP contribution >= 0.6 is 0 Å². The summed E-state index contributed by atoms with van der Waals surface area (Å²) in [5.41, 5.74) is 0. The zero-order valence-corrected chi connectivity index (χ0v) is 12.9. The van der Waals surface area contributed by atoms with Crippen molar-refractivity contribution in [1.82, 2.24) is 19.8 Å². The Morgan fingerprint density at radius 3 is 3.14 bits per heavy atom. The van der Waals surface area contributed by atoms with Crippen molar-refractivity contribution in [3.05, 3.63) is 30.3 Å². The molecule has 3 rings (SSSR count). The van der Waals surface area contributed by atoms with Gasteiger partial charge in [0.2, 0.25) is 5.91 Å². The SMILES string of the molecule is Cc1cc(NC(=O)[C@H](C)N2CCC[C@@H]2Cn2cccn2)no1. The van der Waals surface area contributed by atoms with Crippen LogP contribution < -0.4 is 5.32 Å². The molecule has 7 heteroatoms. The van der Waals surface area contributed by atoms with E-state index in [-0.39, 0.29) is 11.9 Å². The highest BCUT2D eigenvalue weighted by atomic mass is 16.5. The van der Waals surface area contributed by atoms with Crippen molar-refractivity contribution in [3.8, 4) is 0 Å². The van der Waals surface area contributed by atoms with Crippen LogP contribution in [0.15, 0.2) is 29.0 Å². The number of rotatable bonds is 5. The van der Waals surface area contributed by atoms with Gasteiger partial charge >= 0.3 is 0 Å². The average Bonchev–Trinajstić information content (AvgIpc) is 3.21. The van der Waals surface area contributed by atoms with Crippen LogP contribution in [0.5, 0.6) is 0 Å². The van der Waals surface area contributed by atoms with Gasteiger partial charge in [-0.25, -0.2) is 0 Å². The molecule has 0 radical (unpaired) electrons. The molecule has 2 aromatic heterocycles. The molecule has 1 aliphatic heterocycles. The number of hydrogen-bond donors (Lipinski definition) is 1. The number of aromatic nitrogens is 3. The van der Waals surface area contributed by atoms with Crippen molar-refractivity contribution in [3.63, 3.8) is 0 Å². The molecule has 3 heterocycles. The van der Waals surface area contributed by atoms with Gasteiger partial charge in [-0.05, 0) is 39.3 Å². The molecule has 118 valence electrons. The molecule has 0 saturated carbocycles. The summed E-state index contributed by atoms with van der Waals surface area (Å²) in [6, 6.07) is 3.76. The molecule has 2 atom stereocenters. The third kappa shape index (κ3) is 3.19. The lowest BCUT2D eigenvalue weighted by atomic mass is 10.2. The molecule has 0 aromatic carbocycles. The van der Waals surface area contributed by atoms with E-state index >= 15 is 0 Å². The largest absolute Gasteiger partial charge is 0.360 e. The fourth-order valence-corrected chi connectivity index (χ4v) is 2.99. The van der Waals surface area contributed by atoms with E-state index in [2.05, 4.69) is 20.5 Å². The molecule has 0 bridgehead atoms. The van der Waals surface area contributed by atoms with E-state index in [1.54, 1.807) is 19.2 Å². The summed E-state index contributed by atoms with van der Waals surface area (Å²) in [6.07, 6.45) is 5.93. The van der Waals surface area contributed by atoms with Gasteiger partial charge in [-0.15, -0.1) is 0 Å². The summed E-state index contributed by atoms with van der Waals surface area (Å²) in [4.78, 5) is 14.6. The molecule has 1 aliphatic rings. The van der Waals surface area contributed by atoms with Gasteiger partial charge in [0.15, 0.2) is 5.82 Å². The van der Waals surface area contributed by atoms with Gasteiger partial charge in [0.1, 0.15) is 5.76 Å². The maximum Gasteiger partial charge on any atom is 0.242 e. The van der Waals surface area contributed by atoms with Gasteiger partial charge in [-0.1, -0.05) is 5.16 Å². The first-order valence-electron chi connectivity index (χ1n) is 7.61. The van der Waals surface area contributed by atoms with Crippen LogP contribution in [0, 0.1) is 6.92 Å². The lowest BCUT2D eigenvalue weighted by molar-refractivity contribution is -0.121. The van der Waals surface area contributed by atoms with E-state index < -0.39 is 0 Å². The van der Waals surface area contributed by atoms with E-state index in [9.17, 15) is 4.79 Å². The Hall–Kier alpha value is -2.15. The fraction of sp³-hybridized carbons (Fsp3) is 0.533. The summed E-state index contributed by atoms with van der Waals surface area (Å²) < 4.78 is 6.90. The average molecular weight is 303 g/mol. The van der Waals surface area contributed by atoms with Gasteiger partial charge in [0.05, 0.1) is 12.6 Å². The molecule has 1 amide bonds. The number of nitrogens with zero attached hydrogens (tertiary/aromatic N) is 4. The van der Waals surface area contributed by atoms with Gasteiger partial charge in [0, 0.05) is 24.5 Å². The Bertz CT molecular complexity index is 622. The van der Waals surface area contributed by atoms with Crippen LogP contribution in [0.25, 0.3) is 0 Å². The summed E-state index contributed by atoms with van der Waals surface area (Å²) in [7, 11) is 0. The quantitative estimate of drug-likeness (QED) is 0.909. The van der Waals surface area contributed by atoms with Crippen LogP contribution in [0.4, 0.5) is 5.82 Å². The minimum Gasteiger partial charge on any atom is -0.360 e. The standard InChI is InChI=1S/C15H21N5O2/c1-11-9-14(18-22-11)17-15(21)12(2)20-8-3-5-13(20)10-19-7-4-6-16-19/h4,6-7,9,12-13H,3,5,8,10H2,1-2H3,(H,17,18,21)/t12-,13+/m0/s1. The molecule has 0 unspecified atom stereocenters. The maximum atomic E-state index is 12.4. The number of anilines is 1. The summed E-state index contributed by atoms with van der Waals surface area (Å²) in [5.74, 6) is 1.10. The molecule has 1 saturated heterocycles. The van der Waals surface area contributed by atoms with E-state index in [1.807, 2.05) is 23.9 Å². The zero-order chi connectivity index (χ0) is 15.5. The van der Waals surface area contributed by atoms with E-state index in [0.717, 1.165) is 25.9 Å². The molecule has 22 heavy (non-hydrogen) atoms. The third-order valence-electron chi connectivity index (χ3n) is 4.14. The van der Waals surface area contributed by atoms with Crippen LogP contribution in [0.2, 0.25) is 0 Å². The Labute approximate surface area is 129 Å². The van der Waals surface area contributed by atoms with Gasteiger partial charge < -0.3 is 9.84 Å². The number of carbonyl (C=O) groups excluding carboxylic acids is 1.